The Morgan fingerprint density at radius 3 is 2.28 bits per heavy atom. The maximum Gasteiger partial charge on any atom is 0.420 e. The fraction of sp³-hybridized carbons (Fsp3) is 0.300. The lowest BCUT2D eigenvalue weighted by molar-refractivity contribution is -0.142. The van der Waals surface area contributed by atoms with Gasteiger partial charge in [0.15, 0.2) is 5.78 Å². The molecule has 0 saturated carbocycles. The van der Waals surface area contributed by atoms with Crippen molar-refractivity contribution < 1.29 is 31.5 Å². The van der Waals surface area contributed by atoms with E-state index in [1.807, 2.05) is 0 Å². The Bertz CT molecular complexity index is 470. The maximum absolute atomic E-state index is 12.7. The van der Waals surface area contributed by atoms with Crippen LogP contribution in [0.2, 0.25) is 5.02 Å². The van der Waals surface area contributed by atoms with Gasteiger partial charge in [0.1, 0.15) is 11.3 Å². The highest BCUT2D eigenvalue weighted by atomic mass is 35.5. The predicted molar refractivity (Wildman–Crippen MR) is 53.1 cm³/mol. The summed E-state index contributed by atoms with van der Waals surface area (Å²) in [5.41, 5.74) is -2.37. The Morgan fingerprint density at radius 2 is 1.89 bits per heavy atom. The molecule has 0 amide bonds. The van der Waals surface area contributed by atoms with Crippen LogP contribution in [0.25, 0.3) is 0 Å². The first kappa shape index (κ1) is 14.7. The predicted octanol–water partition coefficient (Wildman–Crippen LogP) is 4.16. The van der Waals surface area contributed by atoms with Gasteiger partial charge in [-0.25, -0.2) is 0 Å². The lowest BCUT2D eigenvalue weighted by atomic mass is 10.0. The summed E-state index contributed by atoms with van der Waals surface area (Å²) in [7, 11) is 0. The Morgan fingerprint density at radius 1 is 1.33 bits per heavy atom. The van der Waals surface area contributed by atoms with Crippen LogP contribution in [-0.2, 0) is 6.18 Å². The van der Waals surface area contributed by atoms with Gasteiger partial charge in [-0.2, -0.15) is 22.0 Å². The number of alkyl halides is 5. The first-order valence-electron chi connectivity index (χ1n) is 4.49. The molecule has 0 bridgehead atoms. The molecule has 0 fully saturated rings. The molecule has 0 N–H and O–H groups in total. The van der Waals surface area contributed by atoms with Crippen molar-refractivity contribution in [2.24, 2.45) is 0 Å². The number of carbonyl (C=O) groups excluding carboxylic acids is 1. The van der Waals surface area contributed by atoms with E-state index in [4.69, 9.17) is 11.6 Å². The molecule has 0 aliphatic heterocycles. The summed E-state index contributed by atoms with van der Waals surface area (Å²) in [6.45, 7) is -2.59. The van der Waals surface area contributed by atoms with Crippen LogP contribution in [0.15, 0.2) is 12.1 Å². The molecule has 1 rings (SSSR count). The van der Waals surface area contributed by atoms with E-state index in [2.05, 4.69) is 4.74 Å². The summed E-state index contributed by atoms with van der Waals surface area (Å²) in [4.78, 5) is 11.1. The highest BCUT2D eigenvalue weighted by Crippen LogP contribution is 2.41. The van der Waals surface area contributed by atoms with E-state index in [9.17, 15) is 26.7 Å². The number of Topliss-reactive ketones (excluding diaryl/α,β-unsaturated/α-hetero) is 1. The smallest absolute Gasteiger partial charge is 0.420 e. The fourth-order valence-corrected chi connectivity index (χ4v) is 1.55. The van der Waals surface area contributed by atoms with Crippen molar-refractivity contribution in [3.63, 3.8) is 0 Å². The molecule has 0 saturated heterocycles. The van der Waals surface area contributed by atoms with E-state index in [-0.39, 0.29) is 5.02 Å². The lowest BCUT2D eigenvalue weighted by Gasteiger charge is -2.16. The molecule has 100 valence electrons. The monoisotopic (exact) mass is 288 g/mol. The lowest BCUT2D eigenvalue weighted by Crippen LogP contribution is -2.16. The van der Waals surface area contributed by atoms with Crippen LogP contribution in [0.4, 0.5) is 22.0 Å². The molecule has 8 heteroatoms. The molecule has 0 heterocycles. The summed E-state index contributed by atoms with van der Waals surface area (Å²) < 4.78 is 66.0. The van der Waals surface area contributed by atoms with Crippen molar-refractivity contribution in [2.45, 2.75) is 19.7 Å². The van der Waals surface area contributed by atoms with Crippen LogP contribution < -0.4 is 4.74 Å². The minimum atomic E-state index is -5.00. The van der Waals surface area contributed by atoms with Crippen molar-refractivity contribution in [1.29, 1.82) is 0 Å². The molecule has 1 aromatic rings. The topological polar surface area (TPSA) is 26.3 Å². The van der Waals surface area contributed by atoms with Gasteiger partial charge in [-0.15, -0.1) is 0 Å². The average molecular weight is 289 g/mol. The summed E-state index contributed by atoms with van der Waals surface area (Å²) in [6.07, 6.45) is -5.00. The molecule has 18 heavy (non-hydrogen) atoms. The standard InChI is InChI=1S/C10H6ClF5O2/c1-4(17)6-2-5(11)3-7(18-9(12)13)8(6)10(14,15)16/h2-3,9H,1H3. The number of benzene rings is 1. The van der Waals surface area contributed by atoms with Gasteiger partial charge in [-0.1, -0.05) is 11.6 Å². The summed E-state index contributed by atoms with van der Waals surface area (Å²) >= 11 is 5.46. The third-order valence-electron chi connectivity index (χ3n) is 1.95. The third kappa shape index (κ3) is 3.32. The number of ether oxygens (including phenoxy) is 1. The van der Waals surface area contributed by atoms with Gasteiger partial charge in [0.25, 0.3) is 0 Å². The zero-order valence-corrected chi connectivity index (χ0v) is 9.57. The van der Waals surface area contributed by atoms with Gasteiger partial charge in [0.05, 0.1) is 0 Å². The van der Waals surface area contributed by atoms with Gasteiger partial charge in [-0.3, -0.25) is 4.79 Å². The Labute approximate surface area is 103 Å². The molecular formula is C10H6ClF5O2. The fourth-order valence-electron chi connectivity index (χ4n) is 1.34. The second-order valence-electron chi connectivity index (χ2n) is 3.26. The van der Waals surface area contributed by atoms with E-state index in [0.717, 1.165) is 13.0 Å². The maximum atomic E-state index is 12.7. The van der Waals surface area contributed by atoms with Gasteiger partial charge >= 0.3 is 12.8 Å². The number of halogens is 6. The second kappa shape index (κ2) is 5.09. The van der Waals surface area contributed by atoms with Crippen molar-refractivity contribution in [3.05, 3.63) is 28.3 Å². The quantitative estimate of drug-likeness (QED) is 0.616. The number of carbonyl (C=O) groups is 1. The average Bonchev–Trinajstić information content (AvgIpc) is 2.12. The zero-order chi connectivity index (χ0) is 14.1. The number of ketones is 1. The Balaban J connectivity index is 3.53. The minimum absolute atomic E-state index is 0.302. The van der Waals surface area contributed by atoms with Crippen LogP contribution in [0, 0.1) is 0 Å². The van der Waals surface area contributed by atoms with E-state index < -0.39 is 35.4 Å². The molecular weight excluding hydrogens is 283 g/mol. The largest absolute Gasteiger partial charge is 0.434 e. The SMILES string of the molecule is CC(=O)c1cc(Cl)cc(OC(F)F)c1C(F)(F)F. The van der Waals surface area contributed by atoms with Gasteiger partial charge in [-0.05, 0) is 19.1 Å². The second-order valence-corrected chi connectivity index (χ2v) is 3.70. The van der Waals surface area contributed by atoms with Crippen LogP contribution in [0.3, 0.4) is 0 Å². The Kier molecular flexibility index (Phi) is 4.16. The highest BCUT2D eigenvalue weighted by molar-refractivity contribution is 6.31. The Hall–Kier alpha value is -1.37. The van der Waals surface area contributed by atoms with E-state index in [1.165, 1.54) is 0 Å². The van der Waals surface area contributed by atoms with E-state index in [1.54, 1.807) is 0 Å². The highest BCUT2D eigenvalue weighted by Gasteiger charge is 2.39. The number of hydrogen-bond donors (Lipinski definition) is 0. The van der Waals surface area contributed by atoms with Gasteiger partial charge in [0, 0.05) is 10.6 Å². The first-order valence-corrected chi connectivity index (χ1v) is 4.87. The zero-order valence-electron chi connectivity index (χ0n) is 8.82. The normalized spacial score (nSPS) is 11.8. The molecule has 0 aliphatic carbocycles. The molecule has 0 unspecified atom stereocenters. The van der Waals surface area contributed by atoms with Crippen LogP contribution in [0.5, 0.6) is 5.75 Å². The first-order chi connectivity index (χ1) is 8.12. The molecule has 1 aromatic carbocycles. The molecule has 2 nitrogen and oxygen atoms in total. The van der Waals surface area contributed by atoms with Gasteiger partial charge < -0.3 is 4.74 Å². The molecule has 0 spiro atoms. The van der Waals surface area contributed by atoms with Crippen LogP contribution in [0.1, 0.15) is 22.8 Å². The van der Waals surface area contributed by atoms with E-state index >= 15 is 0 Å². The van der Waals surface area contributed by atoms with Crippen molar-refractivity contribution >= 4 is 17.4 Å². The molecule has 0 aromatic heterocycles. The summed E-state index contributed by atoms with van der Waals surface area (Å²) in [5.74, 6) is -2.13. The van der Waals surface area contributed by atoms with Crippen molar-refractivity contribution in [3.8, 4) is 5.75 Å². The summed E-state index contributed by atoms with van der Waals surface area (Å²) in [5, 5.41) is -0.302. The van der Waals surface area contributed by atoms with Crippen LogP contribution >= 0.6 is 11.6 Å². The minimum Gasteiger partial charge on any atom is -0.434 e. The van der Waals surface area contributed by atoms with Crippen LogP contribution in [-0.4, -0.2) is 12.4 Å². The molecule has 0 radical (unpaired) electrons. The van der Waals surface area contributed by atoms with Crippen molar-refractivity contribution in [2.75, 3.05) is 0 Å². The number of hydrogen-bond acceptors (Lipinski definition) is 2. The third-order valence-corrected chi connectivity index (χ3v) is 2.16. The van der Waals surface area contributed by atoms with Gasteiger partial charge in [0.2, 0.25) is 0 Å². The number of rotatable bonds is 3. The van der Waals surface area contributed by atoms with Crippen molar-refractivity contribution in [1.82, 2.24) is 0 Å². The van der Waals surface area contributed by atoms with E-state index in [0.29, 0.717) is 6.07 Å². The molecule has 0 aliphatic rings. The summed E-state index contributed by atoms with van der Waals surface area (Å²) in [6, 6.07) is 1.34. The molecule has 0 atom stereocenters.